The molecule has 5 heteroatoms. The van der Waals surface area contributed by atoms with Gasteiger partial charge in [0.05, 0.1) is 0 Å². The molecule has 0 aliphatic heterocycles. The first kappa shape index (κ1) is 15.1. The standard InChI is InChI=1S/C18H12BrN3O/c19-14-4-3-5-15(9-14)22-18(23)12(10-20)8-13-11-21-17-7-2-1-6-16(13)17/h1-9,11,21H,(H,22,23). The first-order valence-corrected chi connectivity index (χ1v) is 7.71. The topological polar surface area (TPSA) is 68.7 Å². The van der Waals surface area contributed by atoms with Crippen LogP contribution < -0.4 is 5.32 Å². The van der Waals surface area contributed by atoms with Gasteiger partial charge in [0.1, 0.15) is 11.6 Å². The zero-order chi connectivity index (χ0) is 16.2. The number of carbonyl (C=O) groups excluding carboxylic acids is 1. The van der Waals surface area contributed by atoms with Crippen molar-refractivity contribution < 1.29 is 4.79 Å². The quantitative estimate of drug-likeness (QED) is 0.530. The number of hydrogen-bond acceptors (Lipinski definition) is 2. The number of aromatic amines is 1. The Kier molecular flexibility index (Phi) is 4.26. The molecular formula is C18H12BrN3O. The minimum atomic E-state index is -0.434. The molecule has 0 saturated heterocycles. The fourth-order valence-electron chi connectivity index (χ4n) is 2.28. The second-order valence-electron chi connectivity index (χ2n) is 4.92. The zero-order valence-electron chi connectivity index (χ0n) is 12.0. The van der Waals surface area contributed by atoms with Gasteiger partial charge in [-0.15, -0.1) is 0 Å². The number of aromatic nitrogens is 1. The van der Waals surface area contributed by atoms with Crippen LogP contribution in [0.15, 0.2) is 64.8 Å². The Labute approximate surface area is 141 Å². The van der Waals surface area contributed by atoms with Crippen LogP contribution in [0.1, 0.15) is 5.56 Å². The molecule has 2 N–H and O–H groups in total. The van der Waals surface area contributed by atoms with E-state index >= 15 is 0 Å². The summed E-state index contributed by atoms with van der Waals surface area (Å²) in [6.07, 6.45) is 3.38. The van der Waals surface area contributed by atoms with Gasteiger partial charge in [0, 0.05) is 32.8 Å². The largest absolute Gasteiger partial charge is 0.361 e. The minimum absolute atomic E-state index is 0.0507. The summed E-state index contributed by atoms with van der Waals surface area (Å²) in [6.45, 7) is 0. The van der Waals surface area contributed by atoms with Gasteiger partial charge in [-0.25, -0.2) is 0 Å². The predicted molar refractivity (Wildman–Crippen MR) is 94.7 cm³/mol. The molecule has 0 saturated carbocycles. The molecular weight excluding hydrogens is 354 g/mol. The second kappa shape index (κ2) is 6.51. The van der Waals surface area contributed by atoms with Gasteiger partial charge in [-0.1, -0.05) is 40.2 Å². The Hall–Kier alpha value is -2.84. The number of nitriles is 1. The van der Waals surface area contributed by atoms with E-state index < -0.39 is 5.91 Å². The third-order valence-corrected chi connectivity index (χ3v) is 3.86. The number of halogens is 1. The first-order chi connectivity index (χ1) is 11.2. The Morgan fingerprint density at radius 3 is 2.83 bits per heavy atom. The highest BCUT2D eigenvalue weighted by Crippen LogP contribution is 2.21. The van der Waals surface area contributed by atoms with Crippen LogP contribution in [0.25, 0.3) is 17.0 Å². The summed E-state index contributed by atoms with van der Waals surface area (Å²) in [5, 5.41) is 13.0. The molecule has 0 aliphatic carbocycles. The number of rotatable bonds is 3. The Bertz CT molecular complexity index is 950. The Morgan fingerprint density at radius 2 is 2.04 bits per heavy atom. The van der Waals surface area contributed by atoms with E-state index in [4.69, 9.17) is 0 Å². The number of nitrogens with zero attached hydrogens (tertiary/aromatic N) is 1. The van der Waals surface area contributed by atoms with Crippen LogP contribution in [-0.2, 0) is 4.79 Å². The molecule has 0 atom stereocenters. The average Bonchev–Trinajstić information content (AvgIpc) is 2.95. The molecule has 3 rings (SSSR count). The van der Waals surface area contributed by atoms with Crippen LogP contribution in [0, 0.1) is 11.3 Å². The number of fused-ring (bicyclic) bond motifs is 1. The number of H-pyrrole nitrogens is 1. The van der Waals surface area contributed by atoms with Crippen LogP contribution in [0.3, 0.4) is 0 Å². The lowest BCUT2D eigenvalue weighted by atomic mass is 10.1. The lowest BCUT2D eigenvalue weighted by Gasteiger charge is -2.04. The molecule has 0 unspecified atom stereocenters. The van der Waals surface area contributed by atoms with Crippen molar-refractivity contribution in [1.82, 2.24) is 4.98 Å². The van der Waals surface area contributed by atoms with Gasteiger partial charge >= 0.3 is 0 Å². The summed E-state index contributed by atoms with van der Waals surface area (Å²) in [4.78, 5) is 15.4. The van der Waals surface area contributed by atoms with Crippen LogP contribution in [0.5, 0.6) is 0 Å². The average molecular weight is 366 g/mol. The molecule has 4 nitrogen and oxygen atoms in total. The Morgan fingerprint density at radius 1 is 1.22 bits per heavy atom. The van der Waals surface area contributed by atoms with Gasteiger partial charge in [0.2, 0.25) is 0 Å². The van der Waals surface area contributed by atoms with Crippen molar-refractivity contribution in [3.63, 3.8) is 0 Å². The molecule has 112 valence electrons. The van der Waals surface area contributed by atoms with E-state index in [0.717, 1.165) is 20.9 Å². The van der Waals surface area contributed by atoms with Crippen LogP contribution in [0.4, 0.5) is 5.69 Å². The van der Waals surface area contributed by atoms with Crippen molar-refractivity contribution in [2.75, 3.05) is 5.32 Å². The van der Waals surface area contributed by atoms with E-state index in [9.17, 15) is 10.1 Å². The molecule has 2 aromatic carbocycles. The summed E-state index contributed by atoms with van der Waals surface area (Å²) in [5.74, 6) is -0.434. The van der Waals surface area contributed by atoms with E-state index in [2.05, 4.69) is 26.2 Å². The van der Waals surface area contributed by atoms with Crippen molar-refractivity contribution in [3.8, 4) is 6.07 Å². The normalized spacial score (nSPS) is 11.2. The molecule has 23 heavy (non-hydrogen) atoms. The van der Waals surface area contributed by atoms with Gasteiger partial charge in [-0.05, 0) is 30.3 Å². The number of para-hydroxylation sites is 1. The lowest BCUT2D eigenvalue weighted by molar-refractivity contribution is -0.112. The number of hydrogen-bond donors (Lipinski definition) is 2. The number of nitrogens with one attached hydrogen (secondary N) is 2. The number of amides is 1. The number of benzene rings is 2. The molecule has 1 heterocycles. The van der Waals surface area contributed by atoms with Crippen molar-refractivity contribution in [2.45, 2.75) is 0 Å². The molecule has 3 aromatic rings. The summed E-state index contributed by atoms with van der Waals surface area (Å²) >= 11 is 3.35. The highest BCUT2D eigenvalue weighted by Gasteiger charge is 2.11. The Balaban J connectivity index is 1.90. The third-order valence-electron chi connectivity index (χ3n) is 3.37. The maximum atomic E-state index is 12.3. The van der Waals surface area contributed by atoms with Gasteiger partial charge < -0.3 is 10.3 Å². The smallest absolute Gasteiger partial charge is 0.266 e. The maximum absolute atomic E-state index is 12.3. The summed E-state index contributed by atoms with van der Waals surface area (Å²) in [5.41, 5.74) is 2.45. The van der Waals surface area contributed by atoms with Crippen molar-refractivity contribution >= 4 is 44.5 Å². The monoisotopic (exact) mass is 365 g/mol. The van der Waals surface area contributed by atoms with E-state index in [1.807, 2.05) is 42.5 Å². The second-order valence-corrected chi connectivity index (χ2v) is 5.84. The van der Waals surface area contributed by atoms with Crippen molar-refractivity contribution in [2.24, 2.45) is 0 Å². The highest BCUT2D eigenvalue weighted by molar-refractivity contribution is 9.10. The summed E-state index contributed by atoms with van der Waals surface area (Å²) in [7, 11) is 0. The van der Waals surface area contributed by atoms with Crippen molar-refractivity contribution in [3.05, 3.63) is 70.3 Å². The van der Waals surface area contributed by atoms with Gasteiger partial charge in [-0.2, -0.15) is 5.26 Å². The maximum Gasteiger partial charge on any atom is 0.266 e. The van der Waals surface area contributed by atoms with E-state index in [1.54, 1.807) is 24.4 Å². The molecule has 0 aliphatic rings. The van der Waals surface area contributed by atoms with Gasteiger partial charge in [0.25, 0.3) is 5.91 Å². The van der Waals surface area contributed by atoms with Gasteiger partial charge in [-0.3, -0.25) is 4.79 Å². The molecule has 0 bridgehead atoms. The number of carbonyl (C=O) groups is 1. The van der Waals surface area contributed by atoms with Crippen molar-refractivity contribution in [1.29, 1.82) is 5.26 Å². The first-order valence-electron chi connectivity index (χ1n) is 6.92. The fraction of sp³-hybridized carbons (Fsp3) is 0. The van der Waals surface area contributed by atoms with Gasteiger partial charge in [0.15, 0.2) is 0 Å². The minimum Gasteiger partial charge on any atom is -0.361 e. The lowest BCUT2D eigenvalue weighted by Crippen LogP contribution is -2.13. The molecule has 1 aromatic heterocycles. The highest BCUT2D eigenvalue weighted by atomic mass is 79.9. The fourth-order valence-corrected chi connectivity index (χ4v) is 2.68. The number of anilines is 1. The molecule has 0 radical (unpaired) electrons. The van der Waals surface area contributed by atoms with Crippen LogP contribution in [-0.4, -0.2) is 10.9 Å². The van der Waals surface area contributed by atoms with E-state index in [1.165, 1.54) is 0 Å². The van der Waals surface area contributed by atoms with E-state index in [0.29, 0.717) is 5.69 Å². The van der Waals surface area contributed by atoms with E-state index in [-0.39, 0.29) is 5.57 Å². The molecule has 0 spiro atoms. The summed E-state index contributed by atoms with van der Waals surface area (Å²) < 4.78 is 0.856. The van der Waals surface area contributed by atoms with Crippen LogP contribution in [0.2, 0.25) is 0 Å². The molecule has 1 amide bonds. The molecule has 0 fully saturated rings. The van der Waals surface area contributed by atoms with Crippen LogP contribution >= 0.6 is 15.9 Å². The zero-order valence-corrected chi connectivity index (χ0v) is 13.6. The predicted octanol–water partition coefficient (Wildman–Crippen LogP) is 4.48. The summed E-state index contributed by atoms with van der Waals surface area (Å²) in [6, 6.07) is 16.9. The SMILES string of the molecule is N#CC(=Cc1c[nH]c2ccccc12)C(=O)Nc1cccc(Br)c1. The third kappa shape index (κ3) is 3.33.